The molecule has 0 aliphatic carbocycles. The molecule has 0 saturated heterocycles. The standard InChI is InChI=1S/C11H12N2O/c1-2-3-6-14-11-5-4-10(13)7-9(11)8-12/h2-5,7H,6,13H2,1H3/b3-2+. The second-order valence-corrected chi connectivity index (χ2v) is 2.75. The van der Waals surface area contributed by atoms with Crippen LogP contribution in [-0.4, -0.2) is 6.61 Å². The van der Waals surface area contributed by atoms with Crippen LogP contribution in [0, 0.1) is 11.3 Å². The van der Waals surface area contributed by atoms with E-state index >= 15 is 0 Å². The summed E-state index contributed by atoms with van der Waals surface area (Å²) in [6.07, 6.45) is 3.76. The van der Waals surface area contributed by atoms with Crippen molar-refractivity contribution >= 4 is 5.69 Å². The van der Waals surface area contributed by atoms with Crippen molar-refractivity contribution in [2.45, 2.75) is 6.92 Å². The van der Waals surface area contributed by atoms with Crippen LogP contribution < -0.4 is 10.5 Å². The highest BCUT2D eigenvalue weighted by Gasteiger charge is 2.01. The van der Waals surface area contributed by atoms with Gasteiger partial charge in [-0.25, -0.2) is 0 Å². The number of benzene rings is 1. The molecule has 0 spiro atoms. The number of allylic oxidation sites excluding steroid dienone is 1. The zero-order chi connectivity index (χ0) is 10.4. The zero-order valence-electron chi connectivity index (χ0n) is 8.03. The zero-order valence-corrected chi connectivity index (χ0v) is 8.03. The highest BCUT2D eigenvalue weighted by Crippen LogP contribution is 2.20. The molecule has 0 radical (unpaired) electrons. The monoisotopic (exact) mass is 188 g/mol. The van der Waals surface area contributed by atoms with Crippen LogP contribution in [0.15, 0.2) is 30.4 Å². The minimum atomic E-state index is 0.467. The van der Waals surface area contributed by atoms with Crippen molar-refractivity contribution in [1.29, 1.82) is 5.26 Å². The topological polar surface area (TPSA) is 59.0 Å². The Balaban J connectivity index is 2.81. The van der Waals surface area contributed by atoms with Crippen LogP contribution in [-0.2, 0) is 0 Å². The summed E-state index contributed by atoms with van der Waals surface area (Å²) in [4.78, 5) is 0. The number of anilines is 1. The summed E-state index contributed by atoms with van der Waals surface area (Å²) in [7, 11) is 0. The Morgan fingerprint density at radius 3 is 3.00 bits per heavy atom. The van der Waals surface area contributed by atoms with Gasteiger partial charge in [0.05, 0.1) is 5.56 Å². The van der Waals surface area contributed by atoms with Crippen LogP contribution in [0.1, 0.15) is 12.5 Å². The molecule has 72 valence electrons. The van der Waals surface area contributed by atoms with Gasteiger partial charge in [-0.3, -0.25) is 0 Å². The third-order valence-electron chi connectivity index (χ3n) is 1.69. The maximum atomic E-state index is 8.80. The predicted molar refractivity (Wildman–Crippen MR) is 55.9 cm³/mol. The largest absolute Gasteiger partial charge is 0.488 e. The number of nitrogen functional groups attached to an aromatic ring is 1. The predicted octanol–water partition coefficient (Wildman–Crippen LogP) is 2.10. The van der Waals surface area contributed by atoms with Gasteiger partial charge in [0.25, 0.3) is 0 Å². The third kappa shape index (κ3) is 2.53. The Hall–Kier alpha value is -1.95. The van der Waals surface area contributed by atoms with Crippen LogP contribution in [0.5, 0.6) is 5.75 Å². The summed E-state index contributed by atoms with van der Waals surface area (Å²) in [6, 6.07) is 7.06. The van der Waals surface area contributed by atoms with E-state index in [9.17, 15) is 0 Å². The average Bonchev–Trinajstić information content (AvgIpc) is 2.20. The molecule has 0 unspecified atom stereocenters. The Kier molecular flexibility index (Phi) is 3.57. The molecule has 2 N–H and O–H groups in total. The van der Waals surface area contributed by atoms with E-state index in [4.69, 9.17) is 15.7 Å². The van der Waals surface area contributed by atoms with Crippen molar-refractivity contribution in [2.24, 2.45) is 0 Å². The number of nitrogens with zero attached hydrogens (tertiary/aromatic N) is 1. The first-order chi connectivity index (χ1) is 6.77. The van der Waals surface area contributed by atoms with Crippen LogP contribution in [0.25, 0.3) is 0 Å². The van der Waals surface area contributed by atoms with Crippen molar-refractivity contribution in [3.05, 3.63) is 35.9 Å². The van der Waals surface area contributed by atoms with Gasteiger partial charge >= 0.3 is 0 Å². The first-order valence-corrected chi connectivity index (χ1v) is 4.31. The van der Waals surface area contributed by atoms with E-state index in [0.717, 1.165) is 0 Å². The first kappa shape index (κ1) is 10.1. The lowest BCUT2D eigenvalue weighted by Crippen LogP contribution is -1.96. The molecule has 0 aliphatic heterocycles. The van der Waals surface area contributed by atoms with Gasteiger partial charge in [0, 0.05) is 5.69 Å². The smallest absolute Gasteiger partial charge is 0.137 e. The fourth-order valence-corrected chi connectivity index (χ4v) is 0.995. The summed E-state index contributed by atoms with van der Waals surface area (Å²) < 4.78 is 5.36. The van der Waals surface area contributed by atoms with Gasteiger partial charge in [-0.15, -0.1) is 0 Å². The molecule has 1 rings (SSSR count). The first-order valence-electron chi connectivity index (χ1n) is 4.31. The van der Waals surface area contributed by atoms with E-state index < -0.39 is 0 Å². The molecule has 1 aromatic rings. The Labute approximate surface area is 83.4 Å². The Bertz CT molecular complexity index is 377. The number of nitrogens with two attached hydrogens (primary N) is 1. The molecule has 0 heterocycles. The maximum absolute atomic E-state index is 8.80. The summed E-state index contributed by atoms with van der Waals surface area (Å²) in [5, 5.41) is 8.80. The molecular formula is C11H12N2O. The lowest BCUT2D eigenvalue weighted by Gasteiger charge is -2.05. The number of ether oxygens (including phenoxy) is 1. The molecule has 0 bridgehead atoms. The van der Waals surface area contributed by atoms with E-state index in [1.807, 2.05) is 25.1 Å². The van der Waals surface area contributed by atoms with Gasteiger partial charge in [0.2, 0.25) is 0 Å². The van der Waals surface area contributed by atoms with Gasteiger partial charge in [0.15, 0.2) is 0 Å². The molecule has 0 atom stereocenters. The lowest BCUT2D eigenvalue weighted by atomic mass is 10.2. The second kappa shape index (κ2) is 4.93. The fraction of sp³-hybridized carbons (Fsp3) is 0.182. The molecule has 0 saturated carbocycles. The van der Waals surface area contributed by atoms with Gasteiger partial charge in [-0.05, 0) is 25.1 Å². The quantitative estimate of drug-likeness (QED) is 0.583. The van der Waals surface area contributed by atoms with Crippen LogP contribution in [0.4, 0.5) is 5.69 Å². The van der Waals surface area contributed by atoms with Crippen LogP contribution in [0.3, 0.4) is 0 Å². The van der Waals surface area contributed by atoms with Gasteiger partial charge in [-0.2, -0.15) is 5.26 Å². The minimum Gasteiger partial charge on any atom is -0.488 e. The molecular weight excluding hydrogens is 176 g/mol. The van der Waals surface area contributed by atoms with E-state index in [-0.39, 0.29) is 0 Å². The highest BCUT2D eigenvalue weighted by atomic mass is 16.5. The van der Waals surface area contributed by atoms with Gasteiger partial charge in [0.1, 0.15) is 18.4 Å². The average molecular weight is 188 g/mol. The maximum Gasteiger partial charge on any atom is 0.137 e. The minimum absolute atomic E-state index is 0.467. The SMILES string of the molecule is C/C=C/COc1ccc(N)cc1C#N. The molecule has 3 nitrogen and oxygen atoms in total. The fourth-order valence-electron chi connectivity index (χ4n) is 0.995. The molecule has 0 aliphatic rings. The van der Waals surface area contributed by atoms with Crippen LogP contribution >= 0.6 is 0 Å². The van der Waals surface area contributed by atoms with Crippen LogP contribution in [0.2, 0.25) is 0 Å². The van der Waals surface area contributed by atoms with E-state index in [1.54, 1.807) is 18.2 Å². The third-order valence-corrected chi connectivity index (χ3v) is 1.69. The number of nitriles is 1. The molecule has 14 heavy (non-hydrogen) atoms. The molecule has 0 fully saturated rings. The van der Waals surface area contributed by atoms with Crippen molar-refractivity contribution in [2.75, 3.05) is 12.3 Å². The summed E-state index contributed by atoms with van der Waals surface area (Å²) in [5.74, 6) is 0.569. The number of rotatable bonds is 3. The summed E-state index contributed by atoms with van der Waals surface area (Å²) in [5.41, 5.74) is 6.57. The van der Waals surface area contributed by atoms with E-state index in [1.165, 1.54) is 0 Å². The molecule has 0 amide bonds. The van der Waals surface area contributed by atoms with Gasteiger partial charge < -0.3 is 10.5 Å². The molecule has 3 heteroatoms. The summed E-state index contributed by atoms with van der Waals surface area (Å²) >= 11 is 0. The van der Waals surface area contributed by atoms with Gasteiger partial charge in [-0.1, -0.05) is 12.2 Å². The van der Waals surface area contributed by atoms with E-state index in [2.05, 4.69) is 0 Å². The van der Waals surface area contributed by atoms with Crippen molar-refractivity contribution in [1.82, 2.24) is 0 Å². The van der Waals surface area contributed by atoms with E-state index in [0.29, 0.717) is 23.6 Å². The molecule has 1 aromatic carbocycles. The lowest BCUT2D eigenvalue weighted by molar-refractivity contribution is 0.361. The highest BCUT2D eigenvalue weighted by molar-refractivity contribution is 5.53. The second-order valence-electron chi connectivity index (χ2n) is 2.75. The van der Waals surface area contributed by atoms with Crippen molar-refractivity contribution in [3.63, 3.8) is 0 Å². The Morgan fingerprint density at radius 2 is 2.36 bits per heavy atom. The summed E-state index contributed by atoms with van der Waals surface area (Å²) in [6.45, 7) is 2.38. The normalized spacial score (nSPS) is 10.0. The number of hydrogen-bond donors (Lipinski definition) is 1. The van der Waals surface area contributed by atoms with Crippen molar-refractivity contribution in [3.8, 4) is 11.8 Å². The van der Waals surface area contributed by atoms with Crippen molar-refractivity contribution < 1.29 is 4.74 Å². The molecule has 0 aromatic heterocycles. The number of hydrogen-bond acceptors (Lipinski definition) is 3. The Morgan fingerprint density at radius 1 is 1.57 bits per heavy atom.